The summed E-state index contributed by atoms with van der Waals surface area (Å²) in [5, 5.41) is 0.609. The number of sulfone groups is 2. The Labute approximate surface area is 159 Å². The third-order valence-corrected chi connectivity index (χ3v) is 6.17. The summed E-state index contributed by atoms with van der Waals surface area (Å²) in [5.74, 6) is 0.651. The van der Waals surface area contributed by atoms with Crippen LogP contribution in [0.1, 0.15) is 0 Å². The first-order chi connectivity index (χ1) is 12.0. The molecule has 6 nitrogen and oxygen atoms in total. The summed E-state index contributed by atoms with van der Waals surface area (Å²) >= 11 is 5.82. The van der Waals surface area contributed by atoms with Gasteiger partial charge in [0, 0.05) is 24.6 Å². The molecule has 142 valence electrons. The maximum atomic E-state index is 12.1. The van der Waals surface area contributed by atoms with E-state index in [2.05, 4.69) is 0 Å². The molecule has 26 heavy (non-hydrogen) atoms. The summed E-state index contributed by atoms with van der Waals surface area (Å²) in [4.78, 5) is 1.64. The van der Waals surface area contributed by atoms with Crippen molar-refractivity contribution < 1.29 is 21.6 Å². The standard InChI is InChI=1S/C17H20ClNO5S2/c1-19(10-11-24-14-6-4-13(18)5-7-14)16-9-8-15(25(2,20)21)12-17(16)26(3,22)23/h4-9,12H,10-11H2,1-3H3. The summed E-state index contributed by atoms with van der Waals surface area (Å²) in [7, 11) is -5.39. The highest BCUT2D eigenvalue weighted by atomic mass is 35.5. The van der Waals surface area contributed by atoms with E-state index >= 15 is 0 Å². The van der Waals surface area contributed by atoms with Gasteiger partial charge >= 0.3 is 0 Å². The van der Waals surface area contributed by atoms with E-state index in [1.165, 1.54) is 18.2 Å². The van der Waals surface area contributed by atoms with E-state index in [4.69, 9.17) is 16.3 Å². The van der Waals surface area contributed by atoms with Crippen molar-refractivity contribution in [2.24, 2.45) is 0 Å². The second-order valence-corrected chi connectivity index (χ2v) is 10.3. The van der Waals surface area contributed by atoms with Crippen molar-refractivity contribution in [2.45, 2.75) is 9.79 Å². The average Bonchev–Trinajstić information content (AvgIpc) is 2.54. The minimum atomic E-state index is -3.60. The van der Waals surface area contributed by atoms with Gasteiger partial charge in [0.05, 0.1) is 22.0 Å². The van der Waals surface area contributed by atoms with Crippen LogP contribution in [0.15, 0.2) is 52.3 Å². The van der Waals surface area contributed by atoms with Crippen LogP contribution in [0.4, 0.5) is 5.69 Å². The molecule has 0 amide bonds. The maximum absolute atomic E-state index is 12.1. The molecule has 0 aliphatic carbocycles. The van der Waals surface area contributed by atoms with Crippen LogP contribution >= 0.6 is 11.6 Å². The molecular weight excluding hydrogens is 398 g/mol. The lowest BCUT2D eigenvalue weighted by Gasteiger charge is -2.22. The Morgan fingerprint density at radius 2 is 1.58 bits per heavy atom. The number of hydrogen-bond donors (Lipinski definition) is 0. The molecule has 0 radical (unpaired) electrons. The normalized spacial score (nSPS) is 12.0. The summed E-state index contributed by atoms with van der Waals surface area (Å²) in [6.45, 7) is 0.721. The SMILES string of the molecule is CN(CCOc1ccc(Cl)cc1)c1ccc(S(C)(=O)=O)cc1S(C)(=O)=O. The molecular formula is C17H20ClNO5S2. The Hall–Kier alpha value is -1.77. The fourth-order valence-corrected chi connectivity index (χ4v) is 4.08. The Bertz CT molecular complexity index is 986. The van der Waals surface area contributed by atoms with Crippen molar-refractivity contribution in [3.8, 4) is 5.75 Å². The van der Waals surface area contributed by atoms with Gasteiger partial charge < -0.3 is 9.64 Å². The van der Waals surface area contributed by atoms with Crippen molar-refractivity contribution in [2.75, 3.05) is 37.6 Å². The lowest BCUT2D eigenvalue weighted by molar-refractivity contribution is 0.326. The predicted octanol–water partition coefficient (Wildman–Crippen LogP) is 2.66. The first-order valence-corrected chi connectivity index (χ1v) is 11.8. The topological polar surface area (TPSA) is 80.8 Å². The van der Waals surface area contributed by atoms with Crippen LogP contribution in [0.5, 0.6) is 5.75 Å². The molecule has 2 aromatic carbocycles. The zero-order chi connectivity index (χ0) is 19.5. The van der Waals surface area contributed by atoms with Gasteiger partial charge in [0.2, 0.25) is 0 Å². The van der Waals surface area contributed by atoms with E-state index in [0.717, 1.165) is 12.5 Å². The zero-order valence-electron chi connectivity index (χ0n) is 14.6. The highest BCUT2D eigenvalue weighted by Gasteiger charge is 2.20. The molecule has 0 bridgehead atoms. The molecule has 0 spiro atoms. The molecule has 0 saturated carbocycles. The van der Waals surface area contributed by atoms with E-state index in [1.807, 2.05) is 0 Å². The number of nitrogens with zero attached hydrogens (tertiary/aromatic N) is 1. The Kier molecular flexibility index (Phi) is 6.21. The van der Waals surface area contributed by atoms with Gasteiger partial charge in [-0.25, -0.2) is 16.8 Å². The quantitative estimate of drug-likeness (QED) is 0.688. The fourth-order valence-electron chi connectivity index (χ4n) is 2.29. The number of ether oxygens (including phenoxy) is 1. The Morgan fingerprint density at radius 1 is 0.962 bits per heavy atom. The van der Waals surface area contributed by atoms with Crippen LogP contribution in [0.25, 0.3) is 0 Å². The summed E-state index contributed by atoms with van der Waals surface area (Å²) in [6, 6.07) is 11.0. The minimum absolute atomic E-state index is 0.0329. The van der Waals surface area contributed by atoms with Crippen molar-refractivity contribution in [3.63, 3.8) is 0 Å². The van der Waals surface area contributed by atoms with Crippen LogP contribution in [0.2, 0.25) is 5.02 Å². The molecule has 2 rings (SSSR count). The number of halogens is 1. The molecule has 0 heterocycles. The Balaban J connectivity index is 2.19. The van der Waals surface area contributed by atoms with Gasteiger partial charge in [-0.05, 0) is 42.5 Å². The van der Waals surface area contributed by atoms with E-state index in [-0.39, 0.29) is 9.79 Å². The summed E-state index contributed by atoms with van der Waals surface area (Å²) < 4.78 is 53.2. The van der Waals surface area contributed by atoms with Crippen LogP contribution in [-0.4, -0.2) is 49.5 Å². The number of benzene rings is 2. The summed E-state index contributed by atoms with van der Waals surface area (Å²) in [6.07, 6.45) is 2.09. The summed E-state index contributed by atoms with van der Waals surface area (Å²) in [5.41, 5.74) is 0.416. The molecule has 0 atom stereocenters. The molecule has 0 aliphatic heterocycles. The van der Waals surface area contributed by atoms with E-state index in [1.54, 1.807) is 36.2 Å². The Morgan fingerprint density at radius 3 is 2.12 bits per heavy atom. The molecule has 2 aromatic rings. The smallest absolute Gasteiger partial charge is 0.177 e. The number of likely N-dealkylation sites (N-methyl/N-ethyl adjacent to an activating group) is 1. The van der Waals surface area contributed by atoms with Gasteiger partial charge in [-0.3, -0.25) is 0 Å². The highest BCUT2D eigenvalue weighted by molar-refractivity contribution is 7.91. The second kappa shape index (κ2) is 7.85. The lowest BCUT2D eigenvalue weighted by atomic mass is 10.3. The van der Waals surface area contributed by atoms with Gasteiger partial charge in [-0.2, -0.15) is 0 Å². The molecule has 0 aliphatic rings. The molecule has 0 aromatic heterocycles. The maximum Gasteiger partial charge on any atom is 0.177 e. The van der Waals surface area contributed by atoms with Crippen LogP contribution in [0.3, 0.4) is 0 Å². The van der Waals surface area contributed by atoms with Gasteiger partial charge in [0.15, 0.2) is 19.7 Å². The van der Waals surface area contributed by atoms with E-state index in [9.17, 15) is 16.8 Å². The molecule has 0 N–H and O–H groups in total. The molecule has 0 unspecified atom stereocenters. The molecule has 0 saturated heterocycles. The number of hydrogen-bond acceptors (Lipinski definition) is 6. The van der Waals surface area contributed by atoms with Gasteiger partial charge in [0.1, 0.15) is 12.4 Å². The third-order valence-electron chi connectivity index (χ3n) is 3.68. The first-order valence-electron chi connectivity index (χ1n) is 7.62. The highest BCUT2D eigenvalue weighted by Crippen LogP contribution is 2.27. The fraction of sp³-hybridized carbons (Fsp3) is 0.294. The zero-order valence-corrected chi connectivity index (χ0v) is 17.0. The van der Waals surface area contributed by atoms with Gasteiger partial charge in [0.25, 0.3) is 0 Å². The second-order valence-electron chi connectivity index (χ2n) is 5.90. The lowest BCUT2D eigenvalue weighted by Crippen LogP contribution is -2.25. The minimum Gasteiger partial charge on any atom is -0.492 e. The largest absolute Gasteiger partial charge is 0.492 e. The molecule has 0 fully saturated rings. The number of rotatable bonds is 7. The molecule has 9 heteroatoms. The van der Waals surface area contributed by atoms with Crippen molar-refractivity contribution in [1.29, 1.82) is 0 Å². The van der Waals surface area contributed by atoms with Crippen molar-refractivity contribution >= 4 is 37.0 Å². The van der Waals surface area contributed by atoms with Crippen molar-refractivity contribution in [1.82, 2.24) is 0 Å². The number of anilines is 1. The van der Waals surface area contributed by atoms with Crippen LogP contribution in [0, 0.1) is 0 Å². The van der Waals surface area contributed by atoms with Crippen LogP contribution < -0.4 is 9.64 Å². The monoisotopic (exact) mass is 417 g/mol. The van der Waals surface area contributed by atoms with Crippen molar-refractivity contribution in [3.05, 3.63) is 47.5 Å². The van der Waals surface area contributed by atoms with E-state index < -0.39 is 19.7 Å². The third kappa shape index (κ3) is 5.36. The van der Waals surface area contributed by atoms with E-state index in [0.29, 0.717) is 29.6 Å². The predicted molar refractivity (Wildman–Crippen MR) is 103 cm³/mol. The van der Waals surface area contributed by atoms with Crippen LogP contribution in [-0.2, 0) is 19.7 Å². The average molecular weight is 418 g/mol. The first kappa shape index (κ1) is 20.5. The van der Waals surface area contributed by atoms with Gasteiger partial charge in [-0.15, -0.1) is 0 Å². The van der Waals surface area contributed by atoms with Gasteiger partial charge in [-0.1, -0.05) is 11.6 Å².